The summed E-state index contributed by atoms with van der Waals surface area (Å²) in [5.41, 5.74) is -0.539. The Kier molecular flexibility index (Phi) is 4.29. The molecular weight excluding hydrogens is 224 g/mol. The summed E-state index contributed by atoms with van der Waals surface area (Å²) in [5, 5.41) is 13.3. The van der Waals surface area contributed by atoms with Crippen LogP contribution in [-0.2, 0) is 4.74 Å². The molecule has 1 unspecified atom stereocenters. The molecule has 0 aromatic carbocycles. The Morgan fingerprint density at radius 3 is 2.39 bits per heavy atom. The maximum absolute atomic E-state index is 9.61. The number of nitrogens with one attached hydrogen (secondary N) is 1. The fraction of sp³-hybridized carbons (Fsp3) is 0.933. The number of hydrogen-bond acceptors (Lipinski definition) is 3. The Balaban J connectivity index is 2.01. The first-order valence-corrected chi connectivity index (χ1v) is 7.38. The standard InChI is InChI=1S/C15H26N2O/c1-14(2)11-15(12-16,9-10-18-14)17-13-7-5-3-4-6-8-13/h13,17H,3-11H2,1-2H3. The van der Waals surface area contributed by atoms with E-state index >= 15 is 0 Å². The lowest BCUT2D eigenvalue weighted by Gasteiger charge is -2.43. The normalized spacial score (nSPS) is 33.6. The number of nitrogens with zero attached hydrogens (tertiary/aromatic N) is 1. The van der Waals surface area contributed by atoms with E-state index in [1.54, 1.807) is 0 Å². The van der Waals surface area contributed by atoms with Crippen LogP contribution in [0, 0.1) is 11.3 Å². The van der Waals surface area contributed by atoms with Crippen LogP contribution in [0.3, 0.4) is 0 Å². The van der Waals surface area contributed by atoms with Crippen LogP contribution >= 0.6 is 0 Å². The van der Waals surface area contributed by atoms with Gasteiger partial charge in [0, 0.05) is 18.9 Å². The molecule has 2 aliphatic rings. The maximum atomic E-state index is 9.61. The van der Waals surface area contributed by atoms with E-state index in [1.165, 1.54) is 38.5 Å². The van der Waals surface area contributed by atoms with Crippen LogP contribution in [0.15, 0.2) is 0 Å². The van der Waals surface area contributed by atoms with E-state index in [0.717, 1.165) is 12.8 Å². The molecule has 1 saturated heterocycles. The highest BCUT2D eigenvalue weighted by Gasteiger charge is 2.42. The molecule has 2 rings (SSSR count). The molecule has 0 radical (unpaired) electrons. The van der Waals surface area contributed by atoms with Crippen molar-refractivity contribution in [3.05, 3.63) is 0 Å². The van der Waals surface area contributed by atoms with E-state index in [9.17, 15) is 5.26 Å². The van der Waals surface area contributed by atoms with Crippen molar-refractivity contribution in [1.29, 1.82) is 5.26 Å². The van der Waals surface area contributed by atoms with Crippen LogP contribution in [0.2, 0.25) is 0 Å². The number of hydrogen-bond donors (Lipinski definition) is 1. The van der Waals surface area contributed by atoms with E-state index in [2.05, 4.69) is 25.2 Å². The molecule has 0 spiro atoms. The average Bonchev–Trinajstić information content (AvgIpc) is 2.56. The second-order valence-corrected chi connectivity index (χ2v) is 6.56. The SMILES string of the molecule is CC1(C)CC(C#N)(NC2CCCCCC2)CCO1. The van der Waals surface area contributed by atoms with Gasteiger partial charge in [-0.25, -0.2) is 0 Å². The third kappa shape index (κ3) is 3.46. The van der Waals surface area contributed by atoms with Crippen molar-refractivity contribution in [2.24, 2.45) is 0 Å². The Morgan fingerprint density at radius 2 is 1.83 bits per heavy atom. The van der Waals surface area contributed by atoms with Crippen molar-refractivity contribution in [2.75, 3.05) is 6.61 Å². The van der Waals surface area contributed by atoms with E-state index in [0.29, 0.717) is 12.6 Å². The summed E-state index contributed by atoms with van der Waals surface area (Å²) in [4.78, 5) is 0. The molecule has 1 N–H and O–H groups in total. The summed E-state index contributed by atoms with van der Waals surface area (Å²) in [7, 11) is 0. The van der Waals surface area contributed by atoms with Gasteiger partial charge in [0.2, 0.25) is 0 Å². The molecule has 0 aromatic heterocycles. The van der Waals surface area contributed by atoms with Crippen molar-refractivity contribution in [1.82, 2.24) is 5.32 Å². The van der Waals surface area contributed by atoms with Gasteiger partial charge in [0.15, 0.2) is 0 Å². The molecule has 1 heterocycles. The topological polar surface area (TPSA) is 45.0 Å². The lowest BCUT2D eigenvalue weighted by molar-refractivity contribution is -0.0780. The van der Waals surface area contributed by atoms with Crippen LogP contribution in [0.25, 0.3) is 0 Å². The highest BCUT2D eigenvalue weighted by atomic mass is 16.5. The predicted molar refractivity (Wildman–Crippen MR) is 72.2 cm³/mol. The van der Waals surface area contributed by atoms with Gasteiger partial charge in [-0.2, -0.15) is 5.26 Å². The van der Waals surface area contributed by atoms with Crippen molar-refractivity contribution >= 4 is 0 Å². The zero-order valence-corrected chi connectivity index (χ0v) is 11.8. The maximum Gasteiger partial charge on any atom is 0.111 e. The van der Waals surface area contributed by atoms with Crippen LogP contribution in [0.4, 0.5) is 0 Å². The molecule has 1 saturated carbocycles. The van der Waals surface area contributed by atoms with Gasteiger partial charge in [0.1, 0.15) is 5.54 Å². The highest BCUT2D eigenvalue weighted by Crippen LogP contribution is 2.33. The molecule has 1 aliphatic carbocycles. The summed E-state index contributed by atoms with van der Waals surface area (Å²) >= 11 is 0. The van der Waals surface area contributed by atoms with Gasteiger partial charge in [-0.3, -0.25) is 5.32 Å². The molecule has 0 bridgehead atoms. The van der Waals surface area contributed by atoms with Gasteiger partial charge in [-0.15, -0.1) is 0 Å². The second-order valence-electron chi connectivity index (χ2n) is 6.56. The van der Waals surface area contributed by atoms with Crippen LogP contribution in [0.1, 0.15) is 65.2 Å². The molecule has 18 heavy (non-hydrogen) atoms. The molecular formula is C15H26N2O. The lowest BCUT2D eigenvalue weighted by atomic mass is 9.81. The fourth-order valence-electron chi connectivity index (χ4n) is 3.43. The van der Waals surface area contributed by atoms with Crippen molar-refractivity contribution in [2.45, 2.75) is 82.4 Å². The van der Waals surface area contributed by atoms with Gasteiger partial charge < -0.3 is 4.74 Å². The third-order valence-corrected chi connectivity index (χ3v) is 4.30. The molecule has 3 nitrogen and oxygen atoms in total. The Morgan fingerprint density at radius 1 is 1.17 bits per heavy atom. The van der Waals surface area contributed by atoms with Gasteiger partial charge in [0.05, 0.1) is 18.3 Å². The predicted octanol–water partition coefficient (Wildman–Crippen LogP) is 3.15. The van der Waals surface area contributed by atoms with Crippen LogP contribution in [0.5, 0.6) is 0 Å². The first-order chi connectivity index (χ1) is 8.55. The number of nitriles is 1. The summed E-state index contributed by atoms with van der Waals surface area (Å²) in [6.45, 7) is 4.88. The summed E-state index contributed by atoms with van der Waals surface area (Å²) in [5.74, 6) is 0. The van der Waals surface area contributed by atoms with Gasteiger partial charge >= 0.3 is 0 Å². The molecule has 0 amide bonds. The summed E-state index contributed by atoms with van der Waals surface area (Å²) in [6, 6.07) is 3.08. The number of ether oxygens (including phenoxy) is 1. The van der Waals surface area contributed by atoms with Crippen LogP contribution in [-0.4, -0.2) is 23.8 Å². The van der Waals surface area contributed by atoms with Gasteiger partial charge in [-0.05, 0) is 26.7 Å². The Labute approximate surface area is 111 Å². The van der Waals surface area contributed by atoms with Crippen molar-refractivity contribution in [3.8, 4) is 6.07 Å². The summed E-state index contributed by atoms with van der Waals surface area (Å²) < 4.78 is 5.75. The third-order valence-electron chi connectivity index (χ3n) is 4.30. The van der Waals surface area contributed by atoms with Crippen LogP contribution < -0.4 is 5.32 Å². The molecule has 3 heteroatoms. The van der Waals surface area contributed by atoms with E-state index < -0.39 is 0 Å². The monoisotopic (exact) mass is 250 g/mol. The molecule has 2 fully saturated rings. The zero-order chi connectivity index (χ0) is 13.1. The molecule has 0 aromatic rings. The van der Waals surface area contributed by atoms with Crippen molar-refractivity contribution < 1.29 is 4.74 Å². The average molecular weight is 250 g/mol. The largest absolute Gasteiger partial charge is 0.375 e. The van der Waals surface area contributed by atoms with Gasteiger partial charge in [-0.1, -0.05) is 25.7 Å². The minimum atomic E-state index is -0.364. The molecule has 1 atom stereocenters. The smallest absolute Gasteiger partial charge is 0.111 e. The zero-order valence-electron chi connectivity index (χ0n) is 11.8. The highest BCUT2D eigenvalue weighted by molar-refractivity contribution is 5.12. The molecule has 102 valence electrons. The Bertz CT molecular complexity index is 313. The number of rotatable bonds is 2. The van der Waals surface area contributed by atoms with E-state index in [1.807, 2.05) is 0 Å². The second kappa shape index (κ2) is 5.59. The minimum Gasteiger partial charge on any atom is -0.375 e. The lowest BCUT2D eigenvalue weighted by Crippen LogP contribution is -2.56. The fourth-order valence-corrected chi connectivity index (χ4v) is 3.43. The van der Waals surface area contributed by atoms with Gasteiger partial charge in [0.25, 0.3) is 0 Å². The van der Waals surface area contributed by atoms with E-state index in [-0.39, 0.29) is 11.1 Å². The Hall–Kier alpha value is -0.590. The summed E-state index contributed by atoms with van der Waals surface area (Å²) in [6.07, 6.45) is 9.39. The van der Waals surface area contributed by atoms with Crippen molar-refractivity contribution in [3.63, 3.8) is 0 Å². The minimum absolute atomic E-state index is 0.175. The van der Waals surface area contributed by atoms with E-state index in [4.69, 9.17) is 4.74 Å². The molecule has 1 aliphatic heterocycles. The first-order valence-electron chi connectivity index (χ1n) is 7.38. The quantitative estimate of drug-likeness (QED) is 0.766. The first kappa shape index (κ1) is 13.8.